The van der Waals surface area contributed by atoms with E-state index in [4.69, 9.17) is 19.2 Å². The molecule has 0 spiro atoms. The van der Waals surface area contributed by atoms with Gasteiger partial charge in [0, 0.05) is 6.42 Å². The molecule has 98 valence electrons. The molecule has 19 heavy (non-hydrogen) atoms. The Labute approximate surface area is 112 Å². The van der Waals surface area contributed by atoms with Gasteiger partial charge in [0.05, 0.1) is 25.0 Å². The van der Waals surface area contributed by atoms with Crippen LogP contribution in [0.25, 0.3) is 0 Å². The number of benzene rings is 1. The van der Waals surface area contributed by atoms with E-state index in [0.717, 1.165) is 12.2 Å². The molecule has 0 N–H and O–H groups in total. The van der Waals surface area contributed by atoms with Gasteiger partial charge in [-0.05, 0) is 24.3 Å². The van der Waals surface area contributed by atoms with Crippen molar-refractivity contribution in [2.24, 2.45) is 0 Å². The SMILES string of the molecule is N#Cc1ccccc1OCCCOCc1ccco1. The minimum Gasteiger partial charge on any atom is -0.492 e. The molecule has 1 heterocycles. The number of hydrogen-bond donors (Lipinski definition) is 0. The topological polar surface area (TPSA) is 55.4 Å². The molecule has 0 saturated heterocycles. The summed E-state index contributed by atoms with van der Waals surface area (Å²) in [5.41, 5.74) is 0.555. The maximum absolute atomic E-state index is 8.90. The molecule has 4 nitrogen and oxygen atoms in total. The summed E-state index contributed by atoms with van der Waals surface area (Å²) in [6.07, 6.45) is 2.39. The number of hydrogen-bond acceptors (Lipinski definition) is 4. The van der Waals surface area contributed by atoms with Crippen molar-refractivity contribution in [3.8, 4) is 11.8 Å². The van der Waals surface area contributed by atoms with Gasteiger partial charge in [0.1, 0.15) is 24.2 Å². The van der Waals surface area contributed by atoms with E-state index >= 15 is 0 Å². The zero-order valence-electron chi connectivity index (χ0n) is 10.5. The molecule has 0 aliphatic rings. The Bertz CT molecular complexity index is 529. The molecule has 0 aliphatic carbocycles. The Morgan fingerprint density at radius 1 is 1.11 bits per heavy atom. The molecule has 2 rings (SSSR count). The van der Waals surface area contributed by atoms with Crippen LogP contribution in [-0.4, -0.2) is 13.2 Å². The van der Waals surface area contributed by atoms with Gasteiger partial charge in [-0.15, -0.1) is 0 Å². The van der Waals surface area contributed by atoms with Crippen molar-refractivity contribution in [1.29, 1.82) is 5.26 Å². The van der Waals surface area contributed by atoms with Crippen molar-refractivity contribution in [1.82, 2.24) is 0 Å². The van der Waals surface area contributed by atoms with Gasteiger partial charge in [0.2, 0.25) is 0 Å². The number of nitrogens with zero attached hydrogens (tertiary/aromatic N) is 1. The lowest BCUT2D eigenvalue weighted by atomic mass is 10.2. The summed E-state index contributed by atoms with van der Waals surface area (Å²) in [6, 6.07) is 13.0. The van der Waals surface area contributed by atoms with Crippen LogP contribution in [0.15, 0.2) is 47.1 Å². The van der Waals surface area contributed by atoms with Crippen molar-refractivity contribution in [2.75, 3.05) is 13.2 Å². The van der Waals surface area contributed by atoms with Crippen LogP contribution in [0.3, 0.4) is 0 Å². The zero-order valence-corrected chi connectivity index (χ0v) is 10.5. The predicted molar refractivity (Wildman–Crippen MR) is 69.6 cm³/mol. The highest BCUT2D eigenvalue weighted by Crippen LogP contribution is 2.16. The van der Waals surface area contributed by atoms with Crippen LogP contribution in [0.5, 0.6) is 5.75 Å². The van der Waals surface area contributed by atoms with Crippen LogP contribution in [0.1, 0.15) is 17.7 Å². The smallest absolute Gasteiger partial charge is 0.137 e. The van der Waals surface area contributed by atoms with E-state index in [1.807, 2.05) is 24.3 Å². The molecule has 2 aromatic rings. The molecule has 0 saturated carbocycles. The Hall–Kier alpha value is -2.25. The van der Waals surface area contributed by atoms with Gasteiger partial charge < -0.3 is 13.9 Å². The Balaban J connectivity index is 1.63. The zero-order chi connectivity index (χ0) is 13.3. The van der Waals surface area contributed by atoms with Gasteiger partial charge in [-0.25, -0.2) is 0 Å². The summed E-state index contributed by atoms with van der Waals surface area (Å²) in [6.45, 7) is 1.59. The molecular weight excluding hydrogens is 242 g/mol. The number of rotatable bonds is 7. The third kappa shape index (κ3) is 4.16. The van der Waals surface area contributed by atoms with E-state index in [-0.39, 0.29) is 0 Å². The van der Waals surface area contributed by atoms with Crippen LogP contribution >= 0.6 is 0 Å². The van der Waals surface area contributed by atoms with Gasteiger partial charge in [0.25, 0.3) is 0 Å². The standard InChI is InChI=1S/C15H15NO3/c16-11-13-5-1-2-7-15(13)19-10-4-8-17-12-14-6-3-9-18-14/h1-3,5-7,9H,4,8,10,12H2. The van der Waals surface area contributed by atoms with Crippen molar-refractivity contribution in [2.45, 2.75) is 13.0 Å². The van der Waals surface area contributed by atoms with Gasteiger partial charge in [-0.2, -0.15) is 5.26 Å². The second-order valence-corrected chi connectivity index (χ2v) is 3.94. The fourth-order valence-corrected chi connectivity index (χ4v) is 1.60. The highest BCUT2D eigenvalue weighted by Gasteiger charge is 2.01. The summed E-state index contributed by atoms with van der Waals surface area (Å²) in [5, 5.41) is 8.90. The van der Waals surface area contributed by atoms with Crippen LogP contribution < -0.4 is 4.74 Å². The number of ether oxygens (including phenoxy) is 2. The Kier molecular flexibility index (Phi) is 5.03. The summed E-state index contributed by atoms with van der Waals surface area (Å²) < 4.78 is 16.1. The lowest BCUT2D eigenvalue weighted by Gasteiger charge is -2.07. The van der Waals surface area contributed by atoms with E-state index in [1.165, 1.54) is 0 Å². The molecule has 0 atom stereocenters. The van der Waals surface area contributed by atoms with E-state index in [2.05, 4.69) is 6.07 Å². The minimum atomic E-state index is 0.474. The highest BCUT2D eigenvalue weighted by molar-refractivity contribution is 5.42. The first-order valence-corrected chi connectivity index (χ1v) is 6.12. The summed E-state index contributed by atoms with van der Waals surface area (Å²) in [5.74, 6) is 1.44. The Morgan fingerprint density at radius 3 is 2.79 bits per heavy atom. The molecule has 0 aliphatic heterocycles. The molecule has 1 aromatic carbocycles. The quantitative estimate of drug-likeness (QED) is 0.715. The maximum atomic E-state index is 8.90. The molecule has 0 unspecified atom stereocenters. The van der Waals surface area contributed by atoms with Crippen molar-refractivity contribution >= 4 is 0 Å². The molecule has 0 radical (unpaired) electrons. The first-order valence-electron chi connectivity index (χ1n) is 6.12. The first kappa shape index (κ1) is 13.2. The van der Waals surface area contributed by atoms with Gasteiger partial charge in [-0.3, -0.25) is 0 Å². The Morgan fingerprint density at radius 2 is 2.00 bits per heavy atom. The molecule has 0 fully saturated rings. The van der Waals surface area contributed by atoms with Crippen LogP contribution in [-0.2, 0) is 11.3 Å². The van der Waals surface area contributed by atoms with Crippen LogP contribution in [0.4, 0.5) is 0 Å². The lowest BCUT2D eigenvalue weighted by Crippen LogP contribution is -2.03. The van der Waals surface area contributed by atoms with Crippen LogP contribution in [0.2, 0.25) is 0 Å². The fraction of sp³-hybridized carbons (Fsp3) is 0.267. The first-order chi connectivity index (χ1) is 9.40. The van der Waals surface area contributed by atoms with E-state index in [0.29, 0.717) is 31.1 Å². The van der Waals surface area contributed by atoms with E-state index < -0.39 is 0 Å². The predicted octanol–water partition coefficient (Wildman–Crippen LogP) is 3.14. The fourth-order valence-electron chi connectivity index (χ4n) is 1.60. The van der Waals surface area contributed by atoms with Crippen LogP contribution in [0, 0.1) is 11.3 Å². The largest absolute Gasteiger partial charge is 0.492 e. The third-order valence-corrected chi connectivity index (χ3v) is 2.52. The van der Waals surface area contributed by atoms with Crippen molar-refractivity contribution in [3.05, 3.63) is 54.0 Å². The van der Waals surface area contributed by atoms with Gasteiger partial charge in [0.15, 0.2) is 0 Å². The number of para-hydroxylation sites is 1. The monoisotopic (exact) mass is 257 g/mol. The minimum absolute atomic E-state index is 0.474. The number of nitriles is 1. The summed E-state index contributed by atoms with van der Waals surface area (Å²) >= 11 is 0. The second-order valence-electron chi connectivity index (χ2n) is 3.94. The molecule has 4 heteroatoms. The molecule has 1 aromatic heterocycles. The van der Waals surface area contributed by atoms with Gasteiger partial charge >= 0.3 is 0 Å². The highest BCUT2D eigenvalue weighted by atomic mass is 16.5. The summed E-state index contributed by atoms with van der Waals surface area (Å²) in [7, 11) is 0. The normalized spacial score (nSPS) is 10.1. The third-order valence-electron chi connectivity index (χ3n) is 2.52. The van der Waals surface area contributed by atoms with Gasteiger partial charge in [-0.1, -0.05) is 12.1 Å². The van der Waals surface area contributed by atoms with Crippen molar-refractivity contribution in [3.63, 3.8) is 0 Å². The maximum Gasteiger partial charge on any atom is 0.137 e. The average molecular weight is 257 g/mol. The van der Waals surface area contributed by atoms with E-state index in [1.54, 1.807) is 18.4 Å². The second kappa shape index (κ2) is 7.24. The lowest BCUT2D eigenvalue weighted by molar-refractivity contribution is 0.0943. The molecular formula is C15H15NO3. The van der Waals surface area contributed by atoms with Crippen molar-refractivity contribution < 1.29 is 13.9 Å². The summed E-state index contributed by atoms with van der Waals surface area (Å²) in [4.78, 5) is 0. The number of furan rings is 1. The molecule has 0 bridgehead atoms. The average Bonchev–Trinajstić information content (AvgIpc) is 2.96. The van der Waals surface area contributed by atoms with E-state index in [9.17, 15) is 0 Å². The molecule has 0 amide bonds.